The largest absolute Gasteiger partial charge is 0.488 e. The maximum Gasteiger partial charge on any atom is 0.341 e. The van der Waals surface area contributed by atoms with Crippen LogP contribution in [0, 0.1) is 5.82 Å². The molecule has 0 aliphatic carbocycles. The van der Waals surface area contributed by atoms with Crippen LogP contribution >= 0.6 is 11.6 Å². The standard InChI is InChI=1S/C14H11ClFNO3/c15-9-4-2-1-3-8(9)7-20-11-6-5-10(16)13(17)12(11)14(18)19/h1-6H,7,17H2,(H,18,19). The highest BCUT2D eigenvalue weighted by Gasteiger charge is 2.18. The van der Waals surface area contributed by atoms with Crippen molar-refractivity contribution in [1.82, 2.24) is 0 Å². The molecule has 0 bridgehead atoms. The highest BCUT2D eigenvalue weighted by atomic mass is 35.5. The van der Waals surface area contributed by atoms with E-state index >= 15 is 0 Å². The van der Waals surface area contributed by atoms with Crippen molar-refractivity contribution in [3.8, 4) is 5.75 Å². The summed E-state index contributed by atoms with van der Waals surface area (Å²) in [6, 6.07) is 9.27. The molecule has 2 aromatic carbocycles. The number of hydrogen-bond acceptors (Lipinski definition) is 3. The van der Waals surface area contributed by atoms with E-state index in [1.807, 2.05) is 0 Å². The Morgan fingerprint density at radius 3 is 2.65 bits per heavy atom. The van der Waals surface area contributed by atoms with Crippen LogP contribution < -0.4 is 10.5 Å². The van der Waals surface area contributed by atoms with Crippen molar-refractivity contribution < 1.29 is 19.0 Å². The molecule has 0 atom stereocenters. The predicted molar refractivity (Wildman–Crippen MR) is 73.6 cm³/mol. The molecule has 2 aromatic rings. The molecule has 0 unspecified atom stereocenters. The van der Waals surface area contributed by atoms with Gasteiger partial charge < -0.3 is 15.6 Å². The molecule has 0 aliphatic heterocycles. The lowest BCUT2D eigenvalue weighted by atomic mass is 10.1. The van der Waals surface area contributed by atoms with Gasteiger partial charge in [-0.1, -0.05) is 29.8 Å². The van der Waals surface area contributed by atoms with Crippen LogP contribution in [0.25, 0.3) is 0 Å². The smallest absolute Gasteiger partial charge is 0.341 e. The average molecular weight is 296 g/mol. The predicted octanol–water partition coefficient (Wildman–Crippen LogP) is 3.34. The van der Waals surface area contributed by atoms with Crippen LogP contribution in [0.5, 0.6) is 5.75 Å². The van der Waals surface area contributed by atoms with E-state index in [1.54, 1.807) is 24.3 Å². The van der Waals surface area contributed by atoms with E-state index in [2.05, 4.69) is 0 Å². The summed E-state index contributed by atoms with van der Waals surface area (Å²) in [5.74, 6) is -2.15. The van der Waals surface area contributed by atoms with Crippen molar-refractivity contribution in [3.63, 3.8) is 0 Å². The number of anilines is 1. The molecule has 0 amide bonds. The molecule has 0 radical (unpaired) electrons. The molecular weight excluding hydrogens is 285 g/mol. The average Bonchev–Trinajstić information content (AvgIpc) is 2.41. The molecule has 0 aromatic heterocycles. The van der Waals surface area contributed by atoms with Gasteiger partial charge in [-0.15, -0.1) is 0 Å². The molecule has 0 saturated carbocycles. The Hall–Kier alpha value is -2.27. The SMILES string of the molecule is Nc1c(F)ccc(OCc2ccccc2Cl)c1C(=O)O. The highest BCUT2D eigenvalue weighted by molar-refractivity contribution is 6.31. The van der Waals surface area contributed by atoms with E-state index in [0.29, 0.717) is 10.6 Å². The molecular formula is C14H11ClFNO3. The van der Waals surface area contributed by atoms with Gasteiger partial charge in [-0.25, -0.2) is 9.18 Å². The summed E-state index contributed by atoms with van der Waals surface area (Å²) >= 11 is 5.97. The molecule has 3 N–H and O–H groups in total. The zero-order valence-corrected chi connectivity index (χ0v) is 11.0. The number of benzene rings is 2. The lowest BCUT2D eigenvalue weighted by Crippen LogP contribution is -2.08. The Morgan fingerprint density at radius 2 is 2.00 bits per heavy atom. The number of halogens is 2. The fourth-order valence-electron chi connectivity index (χ4n) is 1.69. The van der Waals surface area contributed by atoms with Crippen LogP contribution in [0.2, 0.25) is 5.02 Å². The van der Waals surface area contributed by atoms with Gasteiger partial charge in [-0.3, -0.25) is 0 Å². The quantitative estimate of drug-likeness (QED) is 0.849. The van der Waals surface area contributed by atoms with Crippen LogP contribution in [0.15, 0.2) is 36.4 Å². The molecule has 6 heteroatoms. The highest BCUT2D eigenvalue weighted by Crippen LogP contribution is 2.28. The second-order valence-corrected chi connectivity index (χ2v) is 4.43. The molecule has 0 spiro atoms. The number of hydrogen-bond donors (Lipinski definition) is 2. The summed E-state index contributed by atoms with van der Waals surface area (Å²) in [6.07, 6.45) is 0. The third kappa shape index (κ3) is 2.83. The zero-order valence-electron chi connectivity index (χ0n) is 10.3. The van der Waals surface area contributed by atoms with Crippen molar-refractivity contribution in [3.05, 3.63) is 58.4 Å². The minimum absolute atomic E-state index is 0.00341. The number of nitrogen functional groups attached to an aromatic ring is 1. The van der Waals surface area contributed by atoms with Crippen molar-refractivity contribution in [1.29, 1.82) is 0 Å². The molecule has 20 heavy (non-hydrogen) atoms. The number of aromatic carboxylic acids is 1. The molecule has 0 saturated heterocycles. The summed E-state index contributed by atoms with van der Waals surface area (Å²) in [6.45, 7) is 0.0605. The molecule has 2 rings (SSSR count). The first-order chi connectivity index (χ1) is 9.50. The molecule has 104 valence electrons. The molecule has 0 fully saturated rings. The number of nitrogens with two attached hydrogens (primary N) is 1. The van der Waals surface area contributed by atoms with Crippen molar-refractivity contribution in [2.24, 2.45) is 0 Å². The van der Waals surface area contributed by atoms with Gasteiger partial charge in [0.1, 0.15) is 23.7 Å². The molecule has 4 nitrogen and oxygen atoms in total. The van der Waals surface area contributed by atoms with Gasteiger partial charge in [0, 0.05) is 10.6 Å². The van der Waals surface area contributed by atoms with E-state index in [1.165, 1.54) is 6.07 Å². The van der Waals surface area contributed by atoms with Gasteiger partial charge in [0.05, 0.1) is 5.69 Å². The van der Waals surface area contributed by atoms with E-state index in [4.69, 9.17) is 27.2 Å². The van der Waals surface area contributed by atoms with E-state index in [-0.39, 0.29) is 12.4 Å². The fourth-order valence-corrected chi connectivity index (χ4v) is 1.88. The van der Waals surface area contributed by atoms with E-state index < -0.39 is 23.0 Å². The van der Waals surface area contributed by atoms with Gasteiger partial charge in [-0.2, -0.15) is 0 Å². The topological polar surface area (TPSA) is 72.5 Å². The van der Waals surface area contributed by atoms with E-state index in [0.717, 1.165) is 6.07 Å². The molecule has 0 heterocycles. The third-order valence-corrected chi connectivity index (χ3v) is 3.08. The number of rotatable bonds is 4. The lowest BCUT2D eigenvalue weighted by Gasteiger charge is -2.12. The minimum Gasteiger partial charge on any atom is -0.488 e. The zero-order chi connectivity index (χ0) is 14.7. The Morgan fingerprint density at radius 1 is 1.30 bits per heavy atom. The minimum atomic E-state index is -1.35. The van der Waals surface area contributed by atoms with Crippen LogP contribution in [-0.2, 0) is 6.61 Å². The Labute approximate surface area is 119 Å². The lowest BCUT2D eigenvalue weighted by molar-refractivity contribution is 0.0692. The van der Waals surface area contributed by atoms with E-state index in [9.17, 15) is 9.18 Å². The number of carboxylic acid groups (broad SMARTS) is 1. The first-order valence-corrected chi connectivity index (χ1v) is 6.06. The van der Waals surface area contributed by atoms with Crippen LogP contribution in [0.4, 0.5) is 10.1 Å². The van der Waals surface area contributed by atoms with Gasteiger partial charge in [0.2, 0.25) is 0 Å². The number of ether oxygens (including phenoxy) is 1. The Balaban J connectivity index is 2.29. The number of carboxylic acids is 1. The third-order valence-electron chi connectivity index (χ3n) is 2.71. The van der Waals surface area contributed by atoms with Crippen molar-refractivity contribution in [2.45, 2.75) is 6.61 Å². The van der Waals surface area contributed by atoms with Gasteiger partial charge in [-0.05, 0) is 18.2 Å². The first-order valence-electron chi connectivity index (χ1n) is 5.68. The second kappa shape index (κ2) is 5.79. The Kier molecular flexibility index (Phi) is 4.10. The first kappa shape index (κ1) is 14.1. The normalized spacial score (nSPS) is 10.3. The fraction of sp³-hybridized carbons (Fsp3) is 0.0714. The van der Waals surface area contributed by atoms with Gasteiger partial charge >= 0.3 is 5.97 Å². The summed E-state index contributed by atoms with van der Waals surface area (Å²) in [5.41, 5.74) is 5.27. The van der Waals surface area contributed by atoms with Crippen LogP contribution in [0.1, 0.15) is 15.9 Å². The maximum absolute atomic E-state index is 13.3. The Bertz CT molecular complexity index is 661. The van der Waals surface area contributed by atoms with Crippen molar-refractivity contribution >= 4 is 23.3 Å². The van der Waals surface area contributed by atoms with Gasteiger partial charge in [0.25, 0.3) is 0 Å². The maximum atomic E-state index is 13.3. The number of carbonyl (C=O) groups is 1. The van der Waals surface area contributed by atoms with Crippen LogP contribution in [-0.4, -0.2) is 11.1 Å². The summed E-state index contributed by atoms with van der Waals surface area (Å²) in [4.78, 5) is 11.1. The second-order valence-electron chi connectivity index (χ2n) is 4.02. The molecule has 0 aliphatic rings. The summed E-state index contributed by atoms with van der Waals surface area (Å²) < 4.78 is 18.7. The summed E-state index contributed by atoms with van der Waals surface area (Å²) in [5, 5.41) is 9.57. The van der Waals surface area contributed by atoms with Gasteiger partial charge in [0.15, 0.2) is 0 Å². The van der Waals surface area contributed by atoms with Crippen molar-refractivity contribution in [2.75, 3.05) is 5.73 Å². The van der Waals surface area contributed by atoms with Crippen LogP contribution in [0.3, 0.4) is 0 Å². The monoisotopic (exact) mass is 295 g/mol. The summed E-state index contributed by atoms with van der Waals surface area (Å²) in [7, 11) is 0.